The van der Waals surface area contributed by atoms with Gasteiger partial charge >= 0.3 is 0 Å². The van der Waals surface area contributed by atoms with E-state index >= 15 is 0 Å². The van der Waals surface area contributed by atoms with Gasteiger partial charge in [-0.05, 0) is 36.1 Å². The normalized spacial score (nSPS) is 11.1. The molecule has 0 bridgehead atoms. The topological polar surface area (TPSA) is 65.5 Å². The minimum atomic E-state index is -0.0726. The molecular weight excluding hydrogens is 308 g/mol. The number of guanidine groups is 1. The molecule has 0 saturated heterocycles. The van der Waals surface area contributed by atoms with Crippen LogP contribution in [0.25, 0.3) is 0 Å². The molecule has 1 aromatic carbocycles. The van der Waals surface area contributed by atoms with Crippen molar-refractivity contribution in [1.29, 1.82) is 0 Å². The first-order chi connectivity index (χ1) is 11.2. The van der Waals surface area contributed by atoms with E-state index in [1.807, 2.05) is 37.3 Å². The summed E-state index contributed by atoms with van der Waals surface area (Å²) in [4.78, 5) is 17.0. The van der Waals surface area contributed by atoms with Crippen molar-refractivity contribution in [3.63, 3.8) is 0 Å². The summed E-state index contributed by atoms with van der Waals surface area (Å²) < 4.78 is 0. The van der Waals surface area contributed by atoms with Crippen molar-refractivity contribution in [2.75, 3.05) is 11.9 Å². The van der Waals surface area contributed by atoms with Gasteiger partial charge in [0.05, 0.1) is 13.1 Å². The lowest BCUT2D eigenvalue weighted by molar-refractivity contribution is -0.114. The monoisotopic (exact) mass is 330 g/mol. The Labute approximate surface area is 140 Å². The molecule has 0 aliphatic rings. The first kappa shape index (κ1) is 17.0. The maximum Gasteiger partial charge on any atom is 0.221 e. The number of thiophene rings is 1. The number of hydrogen-bond acceptors (Lipinski definition) is 3. The van der Waals surface area contributed by atoms with E-state index in [1.165, 1.54) is 11.8 Å². The van der Waals surface area contributed by atoms with Crippen LogP contribution in [-0.2, 0) is 17.9 Å². The molecule has 2 rings (SSSR count). The Kier molecular flexibility index (Phi) is 6.62. The maximum absolute atomic E-state index is 11.1. The number of hydrogen-bond donors (Lipinski definition) is 3. The molecule has 6 heteroatoms. The first-order valence-electron chi connectivity index (χ1n) is 7.58. The van der Waals surface area contributed by atoms with Crippen molar-refractivity contribution in [1.82, 2.24) is 10.6 Å². The fourth-order valence-corrected chi connectivity index (χ4v) is 2.69. The van der Waals surface area contributed by atoms with Crippen LogP contribution in [0.5, 0.6) is 0 Å². The second-order valence-corrected chi connectivity index (χ2v) is 6.04. The van der Waals surface area contributed by atoms with Crippen molar-refractivity contribution in [2.24, 2.45) is 4.99 Å². The van der Waals surface area contributed by atoms with Gasteiger partial charge in [-0.1, -0.05) is 18.2 Å². The predicted octanol–water partition coefficient (Wildman–Crippen LogP) is 2.96. The second kappa shape index (κ2) is 8.95. The molecule has 0 atom stereocenters. The van der Waals surface area contributed by atoms with Gasteiger partial charge in [-0.3, -0.25) is 4.79 Å². The molecule has 0 fully saturated rings. The van der Waals surface area contributed by atoms with Crippen LogP contribution < -0.4 is 16.0 Å². The van der Waals surface area contributed by atoms with E-state index < -0.39 is 0 Å². The highest BCUT2D eigenvalue weighted by Crippen LogP contribution is 2.11. The molecule has 1 aromatic heterocycles. The Morgan fingerprint density at radius 1 is 1.22 bits per heavy atom. The Hall–Kier alpha value is -2.34. The molecule has 3 N–H and O–H groups in total. The zero-order valence-electron chi connectivity index (χ0n) is 13.4. The summed E-state index contributed by atoms with van der Waals surface area (Å²) in [7, 11) is 0. The van der Waals surface area contributed by atoms with Crippen LogP contribution in [-0.4, -0.2) is 18.4 Å². The van der Waals surface area contributed by atoms with Gasteiger partial charge in [0.15, 0.2) is 5.96 Å². The number of carbonyl (C=O) groups is 1. The third-order valence-electron chi connectivity index (χ3n) is 3.02. The number of aliphatic imine (C=N–C) groups is 1. The summed E-state index contributed by atoms with van der Waals surface area (Å²) >= 11 is 1.72. The number of amides is 1. The molecule has 0 unspecified atom stereocenters. The van der Waals surface area contributed by atoms with Gasteiger partial charge in [0, 0.05) is 24.0 Å². The summed E-state index contributed by atoms with van der Waals surface area (Å²) in [6, 6.07) is 11.9. The maximum atomic E-state index is 11.1. The minimum absolute atomic E-state index is 0.0726. The fraction of sp³-hybridized carbons (Fsp3) is 0.294. The van der Waals surface area contributed by atoms with E-state index in [1.54, 1.807) is 11.3 Å². The second-order valence-electron chi connectivity index (χ2n) is 5.01. The number of carbonyl (C=O) groups excluding carboxylic acids is 1. The van der Waals surface area contributed by atoms with Gasteiger partial charge in [-0.25, -0.2) is 4.99 Å². The van der Waals surface area contributed by atoms with Crippen LogP contribution in [0.4, 0.5) is 5.69 Å². The summed E-state index contributed by atoms with van der Waals surface area (Å²) in [6.45, 7) is 5.66. The quantitative estimate of drug-likeness (QED) is 0.563. The van der Waals surface area contributed by atoms with Crippen molar-refractivity contribution in [3.8, 4) is 0 Å². The van der Waals surface area contributed by atoms with E-state index in [4.69, 9.17) is 0 Å². The molecule has 122 valence electrons. The highest BCUT2D eigenvalue weighted by atomic mass is 32.1. The Bertz CT molecular complexity index is 652. The SMILES string of the molecule is CCNC(=NCc1cccc(NC(C)=O)c1)NCc1cccs1. The van der Waals surface area contributed by atoms with E-state index in [0.717, 1.165) is 30.3 Å². The molecule has 1 heterocycles. The molecule has 0 saturated carbocycles. The van der Waals surface area contributed by atoms with Crippen LogP contribution >= 0.6 is 11.3 Å². The predicted molar refractivity (Wildman–Crippen MR) is 96.7 cm³/mol. The molecule has 5 nitrogen and oxygen atoms in total. The van der Waals surface area contributed by atoms with E-state index in [2.05, 4.69) is 32.4 Å². The van der Waals surface area contributed by atoms with Gasteiger partial charge in [0.25, 0.3) is 0 Å². The number of nitrogens with zero attached hydrogens (tertiary/aromatic N) is 1. The van der Waals surface area contributed by atoms with Crippen molar-refractivity contribution in [3.05, 3.63) is 52.2 Å². The average molecular weight is 330 g/mol. The Morgan fingerprint density at radius 3 is 2.78 bits per heavy atom. The Morgan fingerprint density at radius 2 is 2.09 bits per heavy atom. The molecule has 23 heavy (non-hydrogen) atoms. The van der Waals surface area contributed by atoms with Crippen LogP contribution in [0.15, 0.2) is 46.8 Å². The third-order valence-corrected chi connectivity index (χ3v) is 3.90. The van der Waals surface area contributed by atoms with Gasteiger partial charge < -0.3 is 16.0 Å². The van der Waals surface area contributed by atoms with Gasteiger partial charge in [-0.2, -0.15) is 0 Å². The number of rotatable bonds is 6. The lowest BCUT2D eigenvalue weighted by Crippen LogP contribution is -2.36. The molecule has 2 aromatic rings. The first-order valence-corrected chi connectivity index (χ1v) is 8.46. The molecule has 0 radical (unpaired) electrons. The van der Waals surface area contributed by atoms with E-state index in [-0.39, 0.29) is 5.91 Å². The lowest BCUT2D eigenvalue weighted by Gasteiger charge is -2.11. The summed E-state index contributed by atoms with van der Waals surface area (Å²) in [6.07, 6.45) is 0. The van der Waals surface area contributed by atoms with Crippen molar-refractivity contribution < 1.29 is 4.79 Å². The molecule has 0 aliphatic carbocycles. The van der Waals surface area contributed by atoms with Gasteiger partial charge in [0.2, 0.25) is 5.91 Å². The molecule has 0 aliphatic heterocycles. The average Bonchev–Trinajstić information content (AvgIpc) is 3.03. The molecule has 1 amide bonds. The Balaban J connectivity index is 1.97. The van der Waals surface area contributed by atoms with E-state index in [9.17, 15) is 4.79 Å². The van der Waals surface area contributed by atoms with Crippen LogP contribution in [0, 0.1) is 0 Å². The highest BCUT2D eigenvalue weighted by molar-refractivity contribution is 7.09. The summed E-state index contributed by atoms with van der Waals surface area (Å²) in [5, 5.41) is 11.4. The van der Waals surface area contributed by atoms with Crippen molar-refractivity contribution >= 4 is 28.9 Å². The smallest absolute Gasteiger partial charge is 0.221 e. The number of nitrogens with one attached hydrogen (secondary N) is 3. The van der Waals surface area contributed by atoms with Crippen LogP contribution in [0.1, 0.15) is 24.3 Å². The van der Waals surface area contributed by atoms with Crippen LogP contribution in [0.3, 0.4) is 0 Å². The largest absolute Gasteiger partial charge is 0.357 e. The molecule has 0 spiro atoms. The highest BCUT2D eigenvalue weighted by Gasteiger charge is 2.01. The van der Waals surface area contributed by atoms with Gasteiger partial charge in [-0.15, -0.1) is 11.3 Å². The standard InChI is InChI=1S/C17H22N4OS/c1-3-18-17(20-12-16-8-5-9-23-16)19-11-14-6-4-7-15(10-14)21-13(2)22/h4-10H,3,11-12H2,1-2H3,(H,21,22)(H2,18,19,20). The van der Waals surface area contributed by atoms with Crippen LogP contribution in [0.2, 0.25) is 0 Å². The summed E-state index contributed by atoms with van der Waals surface area (Å²) in [5.41, 5.74) is 1.84. The zero-order chi connectivity index (χ0) is 16.5. The fourth-order valence-electron chi connectivity index (χ4n) is 2.05. The minimum Gasteiger partial charge on any atom is -0.357 e. The third kappa shape index (κ3) is 6.12. The molecular formula is C17H22N4OS. The van der Waals surface area contributed by atoms with Gasteiger partial charge in [0.1, 0.15) is 0 Å². The van der Waals surface area contributed by atoms with E-state index in [0.29, 0.717) is 6.54 Å². The lowest BCUT2D eigenvalue weighted by atomic mass is 10.2. The zero-order valence-corrected chi connectivity index (χ0v) is 14.2. The number of anilines is 1. The number of benzene rings is 1. The van der Waals surface area contributed by atoms with Crippen molar-refractivity contribution in [2.45, 2.75) is 26.9 Å². The summed E-state index contributed by atoms with van der Waals surface area (Å²) in [5.74, 6) is 0.711.